The fraction of sp³-hybridized carbons (Fsp3) is 0.647. The van der Waals surface area contributed by atoms with Crippen LogP contribution in [-0.4, -0.2) is 18.3 Å². The second-order valence-electron chi connectivity index (χ2n) is 6.22. The number of alkyl halides is 1. The third-order valence-corrected chi connectivity index (χ3v) is 5.92. The third kappa shape index (κ3) is 3.83. The molecule has 1 aromatic carbocycles. The van der Waals surface area contributed by atoms with Crippen LogP contribution in [0.1, 0.15) is 50.5 Å². The van der Waals surface area contributed by atoms with E-state index in [1.165, 1.54) is 37.7 Å². The average Bonchev–Trinajstić information content (AvgIpc) is 2.50. The Morgan fingerprint density at radius 1 is 1.24 bits per heavy atom. The van der Waals surface area contributed by atoms with Crippen LogP contribution in [0, 0.1) is 0 Å². The van der Waals surface area contributed by atoms with E-state index in [9.17, 15) is 0 Å². The Kier molecular flexibility index (Phi) is 5.28. The number of halogens is 2. The van der Waals surface area contributed by atoms with Gasteiger partial charge >= 0.3 is 0 Å². The highest BCUT2D eigenvalue weighted by atomic mass is 79.9. The van der Waals surface area contributed by atoms with Crippen LogP contribution in [0.4, 0.5) is 0 Å². The van der Waals surface area contributed by atoms with Gasteiger partial charge in [0.2, 0.25) is 0 Å². The Balaban J connectivity index is 1.67. The zero-order chi connectivity index (χ0) is 14.7. The molecular weight excluding hydrogens is 396 g/mol. The van der Waals surface area contributed by atoms with E-state index >= 15 is 0 Å². The lowest BCUT2D eigenvalue weighted by Crippen LogP contribution is -2.45. The Morgan fingerprint density at radius 2 is 2.05 bits per heavy atom. The number of ether oxygens (including phenoxy) is 2. The minimum Gasteiger partial charge on any atom is -0.489 e. The van der Waals surface area contributed by atoms with Crippen molar-refractivity contribution in [3.05, 3.63) is 28.2 Å². The molecule has 2 nitrogen and oxygen atoms in total. The lowest BCUT2D eigenvalue weighted by molar-refractivity contribution is -0.129. The fourth-order valence-electron chi connectivity index (χ4n) is 3.53. The van der Waals surface area contributed by atoms with Crippen molar-refractivity contribution in [3.8, 4) is 5.75 Å². The number of rotatable bonds is 3. The Bertz CT molecular complexity index is 478. The molecule has 4 heteroatoms. The van der Waals surface area contributed by atoms with Crippen LogP contribution >= 0.6 is 31.9 Å². The third-order valence-electron chi connectivity index (χ3n) is 4.66. The first-order chi connectivity index (χ1) is 10.2. The van der Waals surface area contributed by atoms with E-state index in [-0.39, 0.29) is 11.7 Å². The van der Waals surface area contributed by atoms with E-state index in [0.29, 0.717) is 0 Å². The van der Waals surface area contributed by atoms with Crippen molar-refractivity contribution < 1.29 is 9.47 Å². The van der Waals surface area contributed by atoms with Crippen LogP contribution < -0.4 is 4.74 Å². The molecule has 1 aliphatic carbocycles. The molecule has 0 amide bonds. The summed E-state index contributed by atoms with van der Waals surface area (Å²) in [6, 6.07) is 6.31. The summed E-state index contributed by atoms with van der Waals surface area (Å²) in [5.41, 5.74) is 1.36. The van der Waals surface area contributed by atoms with Crippen LogP contribution in [-0.2, 0) is 10.1 Å². The van der Waals surface area contributed by atoms with Gasteiger partial charge < -0.3 is 9.47 Å². The van der Waals surface area contributed by atoms with E-state index < -0.39 is 0 Å². The maximum Gasteiger partial charge on any atom is 0.133 e. The summed E-state index contributed by atoms with van der Waals surface area (Å²) in [6.45, 7) is 0.835. The highest BCUT2D eigenvalue weighted by Gasteiger charge is 2.39. The van der Waals surface area contributed by atoms with Crippen LogP contribution in [0.3, 0.4) is 0 Å². The minimum absolute atomic E-state index is 0.101. The van der Waals surface area contributed by atoms with Crippen LogP contribution in [0.2, 0.25) is 0 Å². The van der Waals surface area contributed by atoms with E-state index in [4.69, 9.17) is 9.47 Å². The molecule has 0 bridgehead atoms. The topological polar surface area (TPSA) is 18.5 Å². The molecule has 1 aliphatic heterocycles. The second kappa shape index (κ2) is 7.01. The van der Waals surface area contributed by atoms with Crippen molar-refractivity contribution >= 4 is 31.9 Å². The van der Waals surface area contributed by atoms with Gasteiger partial charge in [0.25, 0.3) is 0 Å². The standard InChI is InChI=1S/C17H22Br2O2/c18-12-13-4-5-16(15(19)10-13)21-14-6-9-20-17(11-14)7-2-1-3-8-17/h4-5,10,14H,1-3,6-9,11-12H2. The number of hydrogen-bond donors (Lipinski definition) is 0. The monoisotopic (exact) mass is 416 g/mol. The van der Waals surface area contributed by atoms with E-state index in [2.05, 4.69) is 50.1 Å². The molecule has 1 saturated heterocycles. The van der Waals surface area contributed by atoms with E-state index in [1.54, 1.807) is 0 Å². The minimum atomic E-state index is 0.101. The van der Waals surface area contributed by atoms with Gasteiger partial charge in [0, 0.05) is 18.2 Å². The summed E-state index contributed by atoms with van der Waals surface area (Å²) in [5.74, 6) is 0.956. The maximum atomic E-state index is 6.27. The van der Waals surface area contributed by atoms with Gasteiger partial charge in [-0.15, -0.1) is 0 Å². The molecule has 1 heterocycles. The van der Waals surface area contributed by atoms with Gasteiger partial charge in [0.1, 0.15) is 11.9 Å². The molecule has 0 radical (unpaired) electrons. The summed E-state index contributed by atoms with van der Waals surface area (Å²) in [4.78, 5) is 0. The normalized spacial score (nSPS) is 25.0. The van der Waals surface area contributed by atoms with Crippen LogP contribution in [0.15, 0.2) is 22.7 Å². The van der Waals surface area contributed by atoms with Gasteiger partial charge in [-0.3, -0.25) is 0 Å². The highest BCUT2D eigenvalue weighted by molar-refractivity contribution is 9.10. The average molecular weight is 418 g/mol. The zero-order valence-electron chi connectivity index (χ0n) is 12.2. The van der Waals surface area contributed by atoms with Gasteiger partial charge in [-0.1, -0.05) is 41.3 Å². The molecule has 1 spiro atoms. The molecule has 1 saturated carbocycles. The molecule has 2 aliphatic rings. The lowest BCUT2D eigenvalue weighted by atomic mass is 9.79. The van der Waals surface area contributed by atoms with E-state index in [1.807, 2.05) is 0 Å². The summed E-state index contributed by atoms with van der Waals surface area (Å²) in [7, 11) is 0. The molecule has 2 fully saturated rings. The molecule has 21 heavy (non-hydrogen) atoms. The van der Waals surface area contributed by atoms with Crippen molar-refractivity contribution in [2.45, 2.75) is 62.0 Å². The Labute approximate surface area is 143 Å². The largest absolute Gasteiger partial charge is 0.489 e. The maximum absolute atomic E-state index is 6.27. The molecule has 0 N–H and O–H groups in total. The highest BCUT2D eigenvalue weighted by Crippen LogP contribution is 2.40. The van der Waals surface area contributed by atoms with Gasteiger partial charge in [-0.2, -0.15) is 0 Å². The van der Waals surface area contributed by atoms with Crippen LogP contribution in [0.5, 0.6) is 5.75 Å². The second-order valence-corrected chi connectivity index (χ2v) is 7.64. The fourth-order valence-corrected chi connectivity index (χ4v) is 4.40. The summed E-state index contributed by atoms with van der Waals surface area (Å²) in [6.07, 6.45) is 8.69. The first kappa shape index (κ1) is 15.8. The van der Waals surface area contributed by atoms with Crippen molar-refractivity contribution in [3.63, 3.8) is 0 Å². The predicted octanol–water partition coefficient (Wildman–Crippen LogP) is 5.60. The smallest absolute Gasteiger partial charge is 0.133 e. The quantitative estimate of drug-likeness (QED) is 0.595. The Morgan fingerprint density at radius 3 is 2.76 bits per heavy atom. The molecule has 0 aromatic heterocycles. The number of benzene rings is 1. The predicted molar refractivity (Wildman–Crippen MR) is 92.2 cm³/mol. The van der Waals surface area contributed by atoms with Crippen molar-refractivity contribution in [1.82, 2.24) is 0 Å². The molecule has 1 unspecified atom stereocenters. The molecule has 1 atom stereocenters. The van der Waals surface area contributed by atoms with Crippen molar-refractivity contribution in [2.75, 3.05) is 6.61 Å². The van der Waals surface area contributed by atoms with Gasteiger partial charge in [0.05, 0.1) is 16.7 Å². The SMILES string of the molecule is BrCc1ccc(OC2CCOC3(CCCCC3)C2)c(Br)c1. The first-order valence-corrected chi connectivity index (χ1v) is 9.77. The molecule has 3 rings (SSSR count). The first-order valence-electron chi connectivity index (χ1n) is 7.86. The van der Waals surface area contributed by atoms with Gasteiger partial charge in [-0.05, 0) is 46.5 Å². The summed E-state index contributed by atoms with van der Waals surface area (Å²) >= 11 is 7.11. The van der Waals surface area contributed by atoms with Crippen molar-refractivity contribution in [1.29, 1.82) is 0 Å². The lowest BCUT2D eigenvalue weighted by Gasteiger charge is -2.43. The zero-order valence-corrected chi connectivity index (χ0v) is 15.4. The summed E-state index contributed by atoms with van der Waals surface area (Å²) in [5, 5.41) is 0.867. The van der Waals surface area contributed by atoms with Crippen LogP contribution in [0.25, 0.3) is 0 Å². The van der Waals surface area contributed by atoms with Crippen molar-refractivity contribution in [2.24, 2.45) is 0 Å². The Hall–Kier alpha value is -0.0600. The molecular formula is C17H22Br2O2. The summed E-state index contributed by atoms with van der Waals surface area (Å²) < 4.78 is 13.5. The van der Waals surface area contributed by atoms with E-state index in [0.717, 1.165) is 35.0 Å². The van der Waals surface area contributed by atoms with Gasteiger partial charge in [0.15, 0.2) is 0 Å². The van der Waals surface area contributed by atoms with Gasteiger partial charge in [-0.25, -0.2) is 0 Å². The molecule has 1 aromatic rings. The number of hydrogen-bond acceptors (Lipinski definition) is 2. The molecule has 116 valence electrons.